The van der Waals surface area contributed by atoms with Gasteiger partial charge >= 0.3 is 12.1 Å². The van der Waals surface area contributed by atoms with Crippen molar-refractivity contribution in [3.05, 3.63) is 64.1 Å². The Morgan fingerprint density at radius 3 is 2.74 bits per heavy atom. The Bertz CT molecular complexity index is 1620. The zero-order valence-corrected chi connectivity index (χ0v) is 23.9. The van der Waals surface area contributed by atoms with Crippen LogP contribution in [0, 0.1) is 23.0 Å². The van der Waals surface area contributed by atoms with Crippen LogP contribution in [0.2, 0.25) is 5.02 Å². The first-order valence-corrected chi connectivity index (χ1v) is 14.1. The molecule has 1 fully saturated rings. The van der Waals surface area contributed by atoms with Gasteiger partial charge in [-0.15, -0.1) is 0 Å². The molecule has 3 heterocycles. The zero-order chi connectivity index (χ0) is 30.7. The van der Waals surface area contributed by atoms with E-state index in [4.69, 9.17) is 11.6 Å². The number of fused-ring (bicyclic) bond motifs is 4. The average Bonchev–Trinajstić information content (AvgIpc) is 3.41. The first kappa shape index (κ1) is 29.8. The van der Waals surface area contributed by atoms with E-state index < -0.39 is 35.8 Å². The fourth-order valence-corrected chi connectivity index (χ4v) is 5.61. The Balaban J connectivity index is 1.50. The minimum absolute atomic E-state index is 0.0413. The lowest BCUT2D eigenvalue weighted by atomic mass is 9.98. The van der Waals surface area contributed by atoms with Crippen molar-refractivity contribution < 1.29 is 27.9 Å². The van der Waals surface area contributed by atoms with Crippen LogP contribution < -0.4 is 16.0 Å². The van der Waals surface area contributed by atoms with Crippen molar-refractivity contribution in [2.75, 3.05) is 24.3 Å². The molecule has 4 N–H and O–H groups in total. The molecule has 1 saturated heterocycles. The summed E-state index contributed by atoms with van der Waals surface area (Å²) in [6.45, 7) is 0.156. The number of urea groups is 1. The molecule has 2 unspecified atom stereocenters. The predicted octanol–water partition coefficient (Wildman–Crippen LogP) is 6.16. The maximum absolute atomic E-state index is 14.7. The minimum atomic E-state index is -0.921. The van der Waals surface area contributed by atoms with E-state index in [1.165, 1.54) is 12.0 Å². The second kappa shape index (κ2) is 12.7. The predicted molar refractivity (Wildman–Crippen MR) is 153 cm³/mol. The number of amides is 4. The van der Waals surface area contributed by atoms with Crippen LogP contribution in [0.4, 0.5) is 29.7 Å². The number of hydrogen-bond donors (Lipinski definition) is 4. The summed E-state index contributed by atoms with van der Waals surface area (Å²) in [5.41, 5.74) is 1.22. The number of nitrogens with zero attached hydrogens (tertiary/aromatic N) is 3. The Morgan fingerprint density at radius 2 is 2.00 bits per heavy atom. The lowest BCUT2D eigenvalue weighted by Crippen LogP contribution is -2.50. The molecule has 4 amide bonds. The Morgan fingerprint density at radius 1 is 1.19 bits per heavy atom. The number of ether oxygens (including phenoxy) is 1. The van der Waals surface area contributed by atoms with Gasteiger partial charge in [0.25, 0.3) is 0 Å². The van der Waals surface area contributed by atoms with Gasteiger partial charge in [0.15, 0.2) is 5.69 Å². The SMILES string of the molecule is COC(=O)Nc1ccc2c(c1)NC(=O)CCCCCC(N1CCC(c3c(F)ccc(Cl)c3F)NC1=O)c1nc(C#N)c-2[nH]1. The fraction of sp³-hybridized carbons (Fsp3) is 0.345. The lowest BCUT2D eigenvalue weighted by molar-refractivity contribution is -0.116. The van der Waals surface area contributed by atoms with Crippen molar-refractivity contribution in [3.63, 3.8) is 0 Å². The Kier molecular flexibility index (Phi) is 8.77. The van der Waals surface area contributed by atoms with E-state index >= 15 is 0 Å². The summed E-state index contributed by atoms with van der Waals surface area (Å²) in [6.07, 6.45) is 2.11. The molecule has 2 aliphatic heterocycles. The Labute approximate surface area is 250 Å². The topological polar surface area (TPSA) is 152 Å². The molecule has 0 radical (unpaired) electrons. The summed E-state index contributed by atoms with van der Waals surface area (Å²) in [5, 5.41) is 17.9. The molecule has 14 heteroatoms. The van der Waals surface area contributed by atoms with Crippen LogP contribution in [0.3, 0.4) is 0 Å². The number of halogens is 3. The molecule has 11 nitrogen and oxygen atoms in total. The number of H-pyrrole nitrogens is 1. The molecule has 0 saturated carbocycles. The van der Waals surface area contributed by atoms with Crippen LogP contribution in [-0.4, -0.2) is 46.6 Å². The van der Waals surface area contributed by atoms with E-state index in [0.29, 0.717) is 54.1 Å². The number of anilines is 2. The molecule has 2 atom stereocenters. The number of nitriles is 1. The van der Waals surface area contributed by atoms with Gasteiger partial charge in [-0.3, -0.25) is 10.1 Å². The van der Waals surface area contributed by atoms with E-state index in [1.54, 1.807) is 18.2 Å². The molecule has 0 spiro atoms. The maximum Gasteiger partial charge on any atom is 0.411 e. The van der Waals surface area contributed by atoms with Crippen molar-refractivity contribution >= 4 is 41.0 Å². The van der Waals surface area contributed by atoms with E-state index in [-0.39, 0.29) is 41.6 Å². The molecule has 0 aliphatic carbocycles. The second-order valence-electron chi connectivity index (χ2n) is 10.2. The zero-order valence-electron chi connectivity index (χ0n) is 23.1. The Hall–Kier alpha value is -4.70. The van der Waals surface area contributed by atoms with E-state index in [0.717, 1.165) is 12.1 Å². The van der Waals surface area contributed by atoms with Gasteiger partial charge in [-0.25, -0.2) is 23.4 Å². The van der Waals surface area contributed by atoms with Crippen LogP contribution in [0.15, 0.2) is 30.3 Å². The highest BCUT2D eigenvalue weighted by Crippen LogP contribution is 2.37. The highest BCUT2D eigenvalue weighted by molar-refractivity contribution is 6.30. The maximum atomic E-state index is 14.7. The third kappa shape index (κ3) is 6.24. The number of imidazole rings is 1. The largest absolute Gasteiger partial charge is 0.453 e. The summed E-state index contributed by atoms with van der Waals surface area (Å²) in [7, 11) is 1.23. The van der Waals surface area contributed by atoms with E-state index in [2.05, 4.69) is 36.7 Å². The number of methoxy groups -OCH3 is 1. The number of hydrogen-bond acceptors (Lipinski definition) is 6. The van der Waals surface area contributed by atoms with Crippen LogP contribution in [0.25, 0.3) is 11.3 Å². The normalized spacial score (nSPS) is 19.0. The summed E-state index contributed by atoms with van der Waals surface area (Å²) in [4.78, 5) is 47.2. The molecule has 2 aromatic carbocycles. The van der Waals surface area contributed by atoms with Crippen molar-refractivity contribution in [2.45, 2.75) is 50.6 Å². The van der Waals surface area contributed by atoms with Crippen LogP contribution in [-0.2, 0) is 9.53 Å². The van der Waals surface area contributed by atoms with Gasteiger partial charge in [-0.1, -0.05) is 24.4 Å². The number of benzene rings is 2. The van der Waals surface area contributed by atoms with E-state index in [1.807, 2.05) is 0 Å². The first-order chi connectivity index (χ1) is 20.7. The summed E-state index contributed by atoms with van der Waals surface area (Å²) in [5.74, 6) is -1.60. The molecular formula is C29H28ClF2N7O4. The first-order valence-electron chi connectivity index (χ1n) is 13.7. The highest BCUT2D eigenvalue weighted by Gasteiger charge is 2.36. The van der Waals surface area contributed by atoms with Gasteiger partial charge in [0.05, 0.1) is 35.6 Å². The van der Waals surface area contributed by atoms with Crippen molar-refractivity contribution in [2.24, 2.45) is 0 Å². The number of carbonyl (C=O) groups is 3. The van der Waals surface area contributed by atoms with Crippen LogP contribution in [0.5, 0.6) is 0 Å². The number of aromatic nitrogens is 2. The summed E-state index contributed by atoms with van der Waals surface area (Å²) >= 11 is 5.87. The van der Waals surface area contributed by atoms with E-state index in [9.17, 15) is 28.4 Å². The molecule has 3 aromatic rings. The second-order valence-corrected chi connectivity index (χ2v) is 10.6. The number of rotatable bonds is 3. The number of aromatic amines is 1. The standard InChI is InChI=1S/C29H28ClF2N7O4/c1-43-29(42)34-15-7-8-16-20(13-15)35-23(40)6-4-2-3-5-22(27-36-21(14-33)26(16)38-27)39-12-11-19(37-28(39)41)24-18(31)10-9-17(30)25(24)32/h7-10,13,19,22H,2-6,11-12H2,1H3,(H,34,42)(H,35,40)(H,36,38)(H,37,41). The smallest absolute Gasteiger partial charge is 0.411 e. The minimum Gasteiger partial charge on any atom is -0.453 e. The number of nitrogens with one attached hydrogen (secondary N) is 4. The molecule has 2 aliphatic rings. The fourth-order valence-electron chi connectivity index (χ4n) is 5.44. The van der Waals surface area contributed by atoms with Crippen LogP contribution >= 0.6 is 11.6 Å². The van der Waals surface area contributed by atoms with Crippen molar-refractivity contribution in [1.29, 1.82) is 5.26 Å². The monoisotopic (exact) mass is 611 g/mol. The quantitative estimate of drug-likeness (QED) is 0.260. The van der Waals surface area contributed by atoms with Crippen molar-refractivity contribution in [1.82, 2.24) is 20.2 Å². The highest BCUT2D eigenvalue weighted by atomic mass is 35.5. The molecule has 1 aromatic heterocycles. The third-order valence-electron chi connectivity index (χ3n) is 7.54. The van der Waals surface area contributed by atoms with Gasteiger partial charge < -0.3 is 25.3 Å². The lowest BCUT2D eigenvalue weighted by Gasteiger charge is -2.37. The van der Waals surface area contributed by atoms with Gasteiger partial charge in [0, 0.05) is 29.8 Å². The van der Waals surface area contributed by atoms with Gasteiger partial charge in [-0.2, -0.15) is 5.26 Å². The van der Waals surface area contributed by atoms with Crippen LogP contribution in [0.1, 0.15) is 67.7 Å². The van der Waals surface area contributed by atoms with Gasteiger partial charge in [0.2, 0.25) is 5.91 Å². The molecule has 5 rings (SSSR count). The summed E-state index contributed by atoms with van der Waals surface area (Å²) in [6, 6.07) is 6.97. The average molecular weight is 612 g/mol. The molecule has 2 bridgehead atoms. The summed E-state index contributed by atoms with van der Waals surface area (Å²) < 4.78 is 33.9. The molecule has 224 valence electrons. The molecular weight excluding hydrogens is 584 g/mol. The number of carbonyl (C=O) groups excluding carboxylic acids is 3. The third-order valence-corrected chi connectivity index (χ3v) is 7.83. The van der Waals surface area contributed by atoms with Gasteiger partial charge in [0.1, 0.15) is 23.5 Å². The molecule has 43 heavy (non-hydrogen) atoms. The van der Waals surface area contributed by atoms with Gasteiger partial charge in [-0.05, 0) is 49.6 Å². The van der Waals surface area contributed by atoms with Crippen molar-refractivity contribution in [3.8, 4) is 17.3 Å².